The van der Waals surface area contributed by atoms with E-state index in [1.54, 1.807) is 0 Å². The fourth-order valence-electron chi connectivity index (χ4n) is 3.65. The number of ether oxygens (including phenoxy) is 1. The lowest BCUT2D eigenvalue weighted by Gasteiger charge is -2.17. The molecule has 0 radical (unpaired) electrons. The van der Waals surface area contributed by atoms with E-state index in [9.17, 15) is 15.0 Å². The van der Waals surface area contributed by atoms with Gasteiger partial charge in [-0.1, -0.05) is 45.7 Å². The van der Waals surface area contributed by atoms with Crippen molar-refractivity contribution in [1.82, 2.24) is 0 Å². The number of hydrogen-bond donors (Lipinski definition) is 2. The summed E-state index contributed by atoms with van der Waals surface area (Å²) in [5.74, 6) is 0.0822. The summed E-state index contributed by atoms with van der Waals surface area (Å²) in [7, 11) is 0. The van der Waals surface area contributed by atoms with Gasteiger partial charge in [0.05, 0.1) is 0 Å². The number of benzene rings is 1. The third kappa shape index (κ3) is 7.08. The van der Waals surface area contributed by atoms with Crippen molar-refractivity contribution in [2.75, 3.05) is 0 Å². The van der Waals surface area contributed by atoms with Crippen molar-refractivity contribution in [3.05, 3.63) is 23.3 Å². The monoisotopic (exact) mass is 376 g/mol. The largest absolute Gasteiger partial charge is 0.504 e. The molecule has 0 amide bonds. The Labute approximate surface area is 163 Å². The number of carbonyl (C=O) groups is 1. The molecule has 0 atom stereocenters. The van der Waals surface area contributed by atoms with Gasteiger partial charge in [-0.2, -0.15) is 0 Å². The molecule has 0 unspecified atom stereocenters. The minimum Gasteiger partial charge on any atom is -0.504 e. The van der Waals surface area contributed by atoms with Crippen LogP contribution in [0.4, 0.5) is 0 Å². The second kappa shape index (κ2) is 9.48. The predicted molar refractivity (Wildman–Crippen MR) is 108 cm³/mol. The lowest BCUT2D eigenvalue weighted by Crippen LogP contribution is -2.12. The molecular formula is C23H36O4. The molecule has 1 fully saturated rings. The fourth-order valence-corrected chi connectivity index (χ4v) is 3.65. The molecule has 1 aromatic carbocycles. The Balaban J connectivity index is 1.74. The van der Waals surface area contributed by atoms with E-state index in [0.29, 0.717) is 11.9 Å². The molecule has 2 N–H and O–H groups in total. The highest BCUT2D eigenvalue weighted by atomic mass is 16.5. The summed E-state index contributed by atoms with van der Waals surface area (Å²) < 4.78 is 5.15. The average molecular weight is 377 g/mol. The van der Waals surface area contributed by atoms with Crippen LogP contribution in [0.5, 0.6) is 11.5 Å². The van der Waals surface area contributed by atoms with Gasteiger partial charge in [-0.15, -0.1) is 0 Å². The molecule has 0 saturated heterocycles. The van der Waals surface area contributed by atoms with Crippen LogP contribution < -0.4 is 0 Å². The maximum atomic E-state index is 10.5. The van der Waals surface area contributed by atoms with Crippen molar-refractivity contribution in [1.29, 1.82) is 0 Å². The quantitative estimate of drug-likeness (QED) is 0.280. The van der Waals surface area contributed by atoms with Crippen molar-refractivity contribution in [3.8, 4) is 11.5 Å². The number of unbranched alkanes of at least 4 members (excludes halogenated alkanes) is 3. The van der Waals surface area contributed by atoms with E-state index in [1.165, 1.54) is 12.8 Å². The summed E-state index contributed by atoms with van der Waals surface area (Å²) in [4.78, 5) is 10.5. The van der Waals surface area contributed by atoms with Gasteiger partial charge in [0.1, 0.15) is 5.60 Å². The molecule has 27 heavy (non-hydrogen) atoms. The maximum Gasteiger partial charge on any atom is 0.293 e. The van der Waals surface area contributed by atoms with Crippen LogP contribution in [0.1, 0.15) is 89.7 Å². The first-order valence-electron chi connectivity index (χ1n) is 10.4. The second-order valence-electron chi connectivity index (χ2n) is 9.31. The zero-order valence-electron chi connectivity index (χ0n) is 17.2. The molecule has 1 aliphatic rings. The van der Waals surface area contributed by atoms with Gasteiger partial charge in [0.2, 0.25) is 0 Å². The molecule has 0 aromatic heterocycles. The van der Waals surface area contributed by atoms with Crippen LogP contribution in [0.2, 0.25) is 0 Å². The van der Waals surface area contributed by atoms with Gasteiger partial charge in [0.25, 0.3) is 6.47 Å². The molecule has 2 rings (SSSR count). The summed E-state index contributed by atoms with van der Waals surface area (Å²) in [6.07, 6.45) is 10.8. The van der Waals surface area contributed by atoms with Crippen LogP contribution >= 0.6 is 0 Å². The first-order chi connectivity index (χ1) is 12.8. The van der Waals surface area contributed by atoms with Gasteiger partial charge >= 0.3 is 0 Å². The fraction of sp³-hybridized carbons (Fsp3) is 0.696. The van der Waals surface area contributed by atoms with Crippen LogP contribution in [0.3, 0.4) is 0 Å². The molecule has 1 aromatic rings. The third-order valence-electron chi connectivity index (χ3n) is 5.63. The minimum absolute atomic E-state index is 0.0347. The van der Waals surface area contributed by atoms with Crippen LogP contribution in [0.25, 0.3) is 0 Å². The Morgan fingerprint density at radius 2 is 1.52 bits per heavy atom. The molecule has 0 aliphatic heterocycles. The standard InChI is InChI=1S/C23H36O4/c1-22(2,3)13-7-4-5-9-18-11-12-19(21(26)20(18)25)10-6-8-14-23(15-16-23)27-17-24/h11-12,17,25-26H,4-10,13-16H2,1-3H3. The first kappa shape index (κ1) is 21.6. The van der Waals surface area contributed by atoms with Gasteiger partial charge in [0.15, 0.2) is 11.5 Å². The van der Waals surface area contributed by atoms with Crippen LogP contribution in [0, 0.1) is 5.41 Å². The van der Waals surface area contributed by atoms with Gasteiger partial charge in [-0.25, -0.2) is 0 Å². The SMILES string of the molecule is CC(C)(C)CCCCCc1ccc(CCCCC2(OC=O)CC2)c(O)c1O. The van der Waals surface area contributed by atoms with Crippen LogP contribution in [-0.4, -0.2) is 22.3 Å². The first-order valence-corrected chi connectivity index (χ1v) is 10.4. The molecule has 0 bridgehead atoms. The molecule has 4 nitrogen and oxygen atoms in total. The van der Waals surface area contributed by atoms with Gasteiger partial charge in [-0.05, 0) is 74.3 Å². The highest BCUT2D eigenvalue weighted by Gasteiger charge is 2.44. The summed E-state index contributed by atoms with van der Waals surface area (Å²) in [5.41, 5.74) is 1.80. The molecule has 1 aliphatic carbocycles. The zero-order chi connectivity index (χ0) is 19.9. The van der Waals surface area contributed by atoms with Crippen molar-refractivity contribution >= 4 is 6.47 Å². The van der Waals surface area contributed by atoms with E-state index >= 15 is 0 Å². The smallest absolute Gasteiger partial charge is 0.293 e. The molecule has 152 valence electrons. The number of rotatable bonds is 12. The number of hydrogen-bond acceptors (Lipinski definition) is 4. The number of phenols is 2. The molecule has 4 heteroatoms. The number of carbonyl (C=O) groups excluding carboxylic acids is 1. The van der Waals surface area contributed by atoms with Crippen molar-refractivity contribution in [2.45, 2.75) is 97.0 Å². The average Bonchev–Trinajstić information content (AvgIpc) is 3.35. The molecular weight excluding hydrogens is 340 g/mol. The van der Waals surface area contributed by atoms with Crippen molar-refractivity contribution in [3.63, 3.8) is 0 Å². The van der Waals surface area contributed by atoms with Crippen LogP contribution in [0.15, 0.2) is 12.1 Å². The van der Waals surface area contributed by atoms with E-state index in [4.69, 9.17) is 4.74 Å². The summed E-state index contributed by atoms with van der Waals surface area (Å²) in [6, 6.07) is 3.89. The Morgan fingerprint density at radius 1 is 0.963 bits per heavy atom. The van der Waals surface area contributed by atoms with E-state index in [0.717, 1.165) is 68.9 Å². The lowest BCUT2D eigenvalue weighted by atomic mass is 9.89. The Hall–Kier alpha value is -1.71. The molecule has 0 spiro atoms. The Bertz CT molecular complexity index is 612. The summed E-state index contributed by atoms with van der Waals surface area (Å²) >= 11 is 0. The van der Waals surface area contributed by atoms with Gasteiger partial charge in [0, 0.05) is 0 Å². The number of aromatic hydroxyl groups is 2. The Kier molecular flexibility index (Phi) is 7.58. The highest BCUT2D eigenvalue weighted by molar-refractivity contribution is 5.50. The molecule has 0 heterocycles. The van der Waals surface area contributed by atoms with Crippen molar-refractivity contribution < 1.29 is 19.7 Å². The van der Waals surface area contributed by atoms with E-state index in [-0.39, 0.29) is 17.1 Å². The van der Waals surface area contributed by atoms with Crippen molar-refractivity contribution in [2.24, 2.45) is 5.41 Å². The second-order valence-corrected chi connectivity index (χ2v) is 9.31. The number of aryl methyl sites for hydroxylation is 2. The maximum absolute atomic E-state index is 10.5. The van der Waals surface area contributed by atoms with E-state index < -0.39 is 0 Å². The normalized spacial score (nSPS) is 15.5. The van der Waals surface area contributed by atoms with Crippen LogP contribution in [-0.2, 0) is 22.4 Å². The zero-order valence-corrected chi connectivity index (χ0v) is 17.2. The minimum atomic E-state index is -0.206. The Morgan fingerprint density at radius 3 is 2.00 bits per heavy atom. The van der Waals surface area contributed by atoms with Gasteiger partial charge < -0.3 is 14.9 Å². The molecule has 1 saturated carbocycles. The van der Waals surface area contributed by atoms with E-state index in [2.05, 4.69) is 20.8 Å². The summed E-state index contributed by atoms with van der Waals surface area (Å²) in [5, 5.41) is 20.6. The van der Waals surface area contributed by atoms with Gasteiger partial charge in [-0.3, -0.25) is 4.79 Å². The lowest BCUT2D eigenvalue weighted by molar-refractivity contribution is -0.135. The van der Waals surface area contributed by atoms with E-state index in [1.807, 2.05) is 12.1 Å². The third-order valence-corrected chi connectivity index (χ3v) is 5.63. The number of phenolic OH excluding ortho intramolecular Hbond substituents is 2. The topological polar surface area (TPSA) is 66.8 Å². The predicted octanol–water partition coefficient (Wildman–Crippen LogP) is 5.67. The highest BCUT2D eigenvalue weighted by Crippen LogP contribution is 2.43. The summed E-state index contributed by atoms with van der Waals surface area (Å²) in [6.45, 7) is 7.33.